The number of carbonyl (C=O) groups is 1. The molecule has 2 aromatic carbocycles. The number of thioether (sulfide) groups is 1. The fourth-order valence-corrected chi connectivity index (χ4v) is 3.95. The zero-order chi connectivity index (χ0) is 20.9. The van der Waals surface area contributed by atoms with E-state index in [-0.39, 0.29) is 11.7 Å². The van der Waals surface area contributed by atoms with Crippen LogP contribution in [0.15, 0.2) is 65.0 Å². The van der Waals surface area contributed by atoms with Crippen LogP contribution in [0.5, 0.6) is 0 Å². The third-order valence-electron chi connectivity index (χ3n) is 4.48. The fraction of sp³-hybridized carbons (Fsp3) is 0.143. The third-order valence-corrected chi connectivity index (χ3v) is 5.70. The van der Waals surface area contributed by atoms with Gasteiger partial charge in [0.15, 0.2) is 11.0 Å². The zero-order valence-corrected chi connectivity index (χ0v) is 17.7. The van der Waals surface area contributed by atoms with Crippen LogP contribution in [-0.4, -0.2) is 37.6 Å². The van der Waals surface area contributed by atoms with Crippen LogP contribution in [0, 0.1) is 0 Å². The van der Waals surface area contributed by atoms with E-state index in [0.717, 1.165) is 27.9 Å². The van der Waals surface area contributed by atoms with Gasteiger partial charge in [0.25, 0.3) is 5.91 Å². The Morgan fingerprint density at radius 2 is 2.03 bits per heavy atom. The summed E-state index contributed by atoms with van der Waals surface area (Å²) < 4.78 is 1.97. The van der Waals surface area contributed by atoms with Crippen molar-refractivity contribution in [1.82, 2.24) is 25.2 Å². The Bertz CT molecular complexity index is 1200. The minimum Gasteiger partial charge on any atom is -0.361 e. The minimum absolute atomic E-state index is 0.184. The van der Waals surface area contributed by atoms with E-state index in [0.29, 0.717) is 16.7 Å². The maximum Gasteiger partial charge on any atom is 0.250 e. The number of carbonyl (C=O) groups excluding carboxylic acids is 1. The maximum absolute atomic E-state index is 12.2. The molecule has 9 heteroatoms. The lowest BCUT2D eigenvalue weighted by Gasteiger charge is -2.07. The van der Waals surface area contributed by atoms with Gasteiger partial charge in [-0.25, -0.2) is 5.43 Å². The van der Waals surface area contributed by atoms with Crippen molar-refractivity contribution in [3.63, 3.8) is 0 Å². The number of nitrogens with zero attached hydrogens (tertiary/aromatic N) is 4. The number of para-hydroxylation sites is 1. The van der Waals surface area contributed by atoms with Crippen molar-refractivity contribution in [3.05, 3.63) is 65.3 Å². The second-order valence-electron chi connectivity index (χ2n) is 6.43. The molecule has 0 atom stereocenters. The first-order chi connectivity index (χ1) is 14.7. The van der Waals surface area contributed by atoms with Crippen molar-refractivity contribution >= 4 is 46.4 Å². The highest BCUT2D eigenvalue weighted by molar-refractivity contribution is 7.99. The van der Waals surface area contributed by atoms with Crippen LogP contribution < -0.4 is 5.43 Å². The standard InChI is InChI=1S/C21H19ClN6OS/c1-2-28-20(14-7-9-16(22)10-8-14)26-27-21(28)30-13-19(29)25-24-12-15-11-23-18-6-4-3-5-17(15)18/h3-12,23H,2,13H2,1H3,(H,25,29)/b24-12-. The molecule has 0 bridgehead atoms. The van der Waals surface area contributed by atoms with Gasteiger partial charge in [-0.05, 0) is 37.3 Å². The van der Waals surface area contributed by atoms with E-state index in [1.807, 2.05) is 66.2 Å². The van der Waals surface area contributed by atoms with Crippen molar-refractivity contribution < 1.29 is 4.79 Å². The average molecular weight is 439 g/mol. The molecule has 0 spiro atoms. The molecule has 4 rings (SSSR count). The Kier molecular flexibility index (Phi) is 6.15. The zero-order valence-electron chi connectivity index (χ0n) is 16.2. The highest BCUT2D eigenvalue weighted by Gasteiger charge is 2.14. The number of halogens is 1. The van der Waals surface area contributed by atoms with Crippen molar-refractivity contribution in [2.45, 2.75) is 18.6 Å². The van der Waals surface area contributed by atoms with Crippen molar-refractivity contribution in [1.29, 1.82) is 0 Å². The van der Waals surface area contributed by atoms with E-state index in [4.69, 9.17) is 11.6 Å². The van der Waals surface area contributed by atoms with Crippen LogP contribution >= 0.6 is 23.4 Å². The van der Waals surface area contributed by atoms with Crippen LogP contribution in [0.2, 0.25) is 5.02 Å². The molecule has 2 heterocycles. The normalized spacial score (nSPS) is 11.4. The molecule has 2 N–H and O–H groups in total. The molecular weight excluding hydrogens is 420 g/mol. The van der Waals surface area contributed by atoms with Gasteiger partial charge >= 0.3 is 0 Å². The van der Waals surface area contributed by atoms with E-state index < -0.39 is 0 Å². The van der Waals surface area contributed by atoms with E-state index in [1.165, 1.54) is 11.8 Å². The molecular formula is C21H19ClN6OS. The van der Waals surface area contributed by atoms with Gasteiger partial charge in [-0.15, -0.1) is 10.2 Å². The van der Waals surface area contributed by atoms with Crippen LogP contribution in [-0.2, 0) is 11.3 Å². The number of aromatic amines is 1. The Morgan fingerprint density at radius 3 is 2.83 bits per heavy atom. The number of nitrogens with one attached hydrogen (secondary N) is 2. The van der Waals surface area contributed by atoms with Gasteiger partial charge < -0.3 is 9.55 Å². The quantitative estimate of drug-likeness (QED) is 0.255. The molecule has 4 aromatic rings. The summed E-state index contributed by atoms with van der Waals surface area (Å²) in [5, 5.41) is 15.0. The number of rotatable bonds is 7. The molecule has 0 radical (unpaired) electrons. The lowest BCUT2D eigenvalue weighted by atomic mass is 10.2. The molecule has 152 valence electrons. The largest absolute Gasteiger partial charge is 0.361 e. The Labute approximate surface area is 182 Å². The number of hydrazone groups is 1. The molecule has 0 aliphatic carbocycles. The number of fused-ring (bicyclic) bond motifs is 1. The van der Waals surface area contributed by atoms with E-state index in [2.05, 4.69) is 25.7 Å². The molecule has 30 heavy (non-hydrogen) atoms. The lowest BCUT2D eigenvalue weighted by molar-refractivity contribution is -0.118. The molecule has 7 nitrogen and oxygen atoms in total. The molecule has 0 fully saturated rings. The summed E-state index contributed by atoms with van der Waals surface area (Å²) in [5.74, 6) is 0.716. The number of hydrogen-bond acceptors (Lipinski definition) is 5. The van der Waals surface area contributed by atoms with Gasteiger partial charge in [0.05, 0.1) is 12.0 Å². The van der Waals surface area contributed by atoms with Crippen molar-refractivity contribution in [2.75, 3.05) is 5.75 Å². The summed E-state index contributed by atoms with van der Waals surface area (Å²) in [6, 6.07) is 15.4. The Hall–Kier alpha value is -3.10. The van der Waals surface area contributed by atoms with Crippen LogP contribution in [0.4, 0.5) is 0 Å². The third kappa shape index (κ3) is 4.39. The smallest absolute Gasteiger partial charge is 0.250 e. The second-order valence-corrected chi connectivity index (χ2v) is 7.81. The summed E-state index contributed by atoms with van der Waals surface area (Å²) in [4.78, 5) is 15.4. The number of benzene rings is 2. The number of aromatic nitrogens is 4. The van der Waals surface area contributed by atoms with Gasteiger partial charge in [-0.3, -0.25) is 4.79 Å². The van der Waals surface area contributed by atoms with E-state index in [9.17, 15) is 4.79 Å². The van der Waals surface area contributed by atoms with E-state index in [1.54, 1.807) is 6.21 Å². The Balaban J connectivity index is 1.37. The molecule has 2 aromatic heterocycles. The molecule has 0 aliphatic rings. The summed E-state index contributed by atoms with van der Waals surface area (Å²) >= 11 is 7.28. The molecule has 0 unspecified atom stereocenters. The van der Waals surface area contributed by atoms with Crippen LogP contribution in [0.1, 0.15) is 12.5 Å². The number of H-pyrrole nitrogens is 1. The summed E-state index contributed by atoms with van der Waals surface area (Å²) in [5.41, 5.74) is 5.42. The fourth-order valence-electron chi connectivity index (χ4n) is 3.03. The first-order valence-corrected chi connectivity index (χ1v) is 10.7. The van der Waals surface area contributed by atoms with Gasteiger partial charge in [-0.2, -0.15) is 5.10 Å². The number of amides is 1. The monoisotopic (exact) mass is 438 g/mol. The highest BCUT2D eigenvalue weighted by Crippen LogP contribution is 2.25. The maximum atomic E-state index is 12.2. The van der Waals surface area contributed by atoms with Crippen molar-refractivity contribution in [3.8, 4) is 11.4 Å². The first-order valence-electron chi connectivity index (χ1n) is 9.35. The first kappa shape index (κ1) is 20.2. The topological polar surface area (TPSA) is 88.0 Å². The predicted molar refractivity (Wildman–Crippen MR) is 121 cm³/mol. The molecule has 1 amide bonds. The lowest BCUT2D eigenvalue weighted by Crippen LogP contribution is -2.20. The number of hydrogen-bond donors (Lipinski definition) is 2. The molecule has 0 saturated carbocycles. The summed E-state index contributed by atoms with van der Waals surface area (Å²) in [6.45, 7) is 2.70. The molecule has 0 saturated heterocycles. The second kappa shape index (κ2) is 9.15. The highest BCUT2D eigenvalue weighted by atomic mass is 35.5. The van der Waals surface area contributed by atoms with E-state index >= 15 is 0 Å². The van der Waals surface area contributed by atoms with Gasteiger partial charge in [0.2, 0.25) is 0 Å². The van der Waals surface area contributed by atoms with Gasteiger partial charge in [0, 0.05) is 39.8 Å². The Morgan fingerprint density at radius 1 is 1.23 bits per heavy atom. The summed E-state index contributed by atoms with van der Waals surface area (Å²) in [7, 11) is 0. The minimum atomic E-state index is -0.213. The molecule has 0 aliphatic heterocycles. The van der Waals surface area contributed by atoms with Gasteiger partial charge in [-0.1, -0.05) is 41.6 Å². The van der Waals surface area contributed by atoms with Crippen LogP contribution in [0.25, 0.3) is 22.3 Å². The summed E-state index contributed by atoms with van der Waals surface area (Å²) in [6.07, 6.45) is 3.49. The SMILES string of the molecule is CCn1c(SCC(=O)N/N=C\c2c[nH]c3ccccc23)nnc1-c1ccc(Cl)cc1. The average Bonchev–Trinajstić information content (AvgIpc) is 3.37. The van der Waals surface area contributed by atoms with Crippen molar-refractivity contribution in [2.24, 2.45) is 5.10 Å². The predicted octanol–water partition coefficient (Wildman–Crippen LogP) is 4.34. The van der Waals surface area contributed by atoms with Crippen LogP contribution in [0.3, 0.4) is 0 Å². The van der Waals surface area contributed by atoms with Gasteiger partial charge in [0.1, 0.15) is 0 Å².